The van der Waals surface area contributed by atoms with Crippen LogP contribution >= 0.6 is 10.6 Å². The lowest BCUT2D eigenvalue weighted by atomic mass is 10.0. The number of benzene rings is 3. The van der Waals surface area contributed by atoms with Crippen molar-refractivity contribution in [2.24, 2.45) is 5.73 Å². The Morgan fingerprint density at radius 3 is 2.28 bits per heavy atom. The van der Waals surface area contributed by atoms with E-state index < -0.39 is 25.7 Å². The molecule has 6 nitrogen and oxygen atoms in total. The van der Waals surface area contributed by atoms with E-state index in [0.717, 1.165) is 12.8 Å². The van der Waals surface area contributed by atoms with E-state index in [4.69, 9.17) is 10.5 Å². The fourth-order valence-electron chi connectivity index (χ4n) is 4.11. The molecule has 0 aromatic heterocycles. The maximum atomic E-state index is 13.4. The van der Waals surface area contributed by atoms with Gasteiger partial charge < -0.3 is 10.5 Å². The number of hydrogen-bond acceptors (Lipinski definition) is 6. The zero-order valence-electron chi connectivity index (χ0n) is 17.6. The summed E-state index contributed by atoms with van der Waals surface area (Å²) in [6.07, 6.45) is 1.64. The molecule has 3 aromatic carbocycles. The summed E-state index contributed by atoms with van der Waals surface area (Å²) in [7, 11) is -7.09. The Balaban J connectivity index is 1.63. The lowest BCUT2D eigenvalue weighted by Gasteiger charge is -2.27. The predicted octanol–water partition coefficient (Wildman–Crippen LogP) is 4.80. The zero-order valence-corrected chi connectivity index (χ0v) is 19.2. The van der Waals surface area contributed by atoms with Crippen LogP contribution in [-0.2, 0) is 22.8 Å². The SMILES string of the molecule is NCc1c(OCCCc2ccccc2)ccc2c1C(S(=O)(=O)c1ccccc1)CS2(O)O. The van der Waals surface area contributed by atoms with E-state index in [1.807, 2.05) is 18.2 Å². The third-order valence-corrected chi connectivity index (χ3v) is 9.84. The molecule has 0 radical (unpaired) electrons. The predicted molar refractivity (Wildman–Crippen MR) is 127 cm³/mol. The number of ether oxygens (including phenoxy) is 1. The van der Waals surface area contributed by atoms with Crippen molar-refractivity contribution in [1.29, 1.82) is 0 Å². The number of nitrogens with two attached hydrogens (primary N) is 1. The van der Waals surface area contributed by atoms with Crippen LogP contribution in [0.2, 0.25) is 0 Å². The van der Waals surface area contributed by atoms with Gasteiger partial charge in [-0.25, -0.2) is 8.42 Å². The van der Waals surface area contributed by atoms with Crippen LogP contribution in [0.1, 0.15) is 28.4 Å². The van der Waals surface area contributed by atoms with Crippen molar-refractivity contribution in [3.63, 3.8) is 0 Å². The van der Waals surface area contributed by atoms with E-state index >= 15 is 0 Å². The van der Waals surface area contributed by atoms with Crippen LogP contribution in [0.3, 0.4) is 0 Å². The molecule has 4 rings (SSSR count). The van der Waals surface area contributed by atoms with Crippen LogP contribution in [0.5, 0.6) is 5.75 Å². The third-order valence-electron chi connectivity index (χ3n) is 5.69. The van der Waals surface area contributed by atoms with E-state index in [1.165, 1.54) is 17.7 Å². The highest BCUT2D eigenvalue weighted by Crippen LogP contribution is 2.62. The Bertz CT molecular complexity index is 1180. The van der Waals surface area contributed by atoms with Gasteiger partial charge in [0.05, 0.1) is 22.2 Å². The molecule has 3 aromatic rings. The van der Waals surface area contributed by atoms with Crippen molar-refractivity contribution < 1.29 is 22.3 Å². The molecule has 0 spiro atoms. The molecule has 1 aliphatic heterocycles. The molecule has 0 aliphatic carbocycles. The van der Waals surface area contributed by atoms with Crippen LogP contribution in [0.15, 0.2) is 82.6 Å². The molecule has 32 heavy (non-hydrogen) atoms. The molecule has 1 heterocycles. The fourth-order valence-corrected chi connectivity index (χ4v) is 8.59. The Kier molecular flexibility index (Phi) is 6.60. The molecule has 0 bridgehead atoms. The molecule has 0 saturated heterocycles. The fraction of sp³-hybridized carbons (Fsp3) is 0.250. The smallest absolute Gasteiger partial charge is 0.187 e. The second-order valence-electron chi connectivity index (χ2n) is 7.78. The molecular formula is C24H27NO5S2. The van der Waals surface area contributed by atoms with Gasteiger partial charge in [0.15, 0.2) is 9.84 Å². The number of hydrogen-bond donors (Lipinski definition) is 3. The average Bonchev–Trinajstić information content (AvgIpc) is 3.09. The van der Waals surface area contributed by atoms with Crippen molar-refractivity contribution in [2.75, 3.05) is 12.4 Å². The summed E-state index contributed by atoms with van der Waals surface area (Å²) >= 11 is 0. The normalized spacial score (nSPS) is 18.2. The minimum absolute atomic E-state index is 0.0352. The summed E-state index contributed by atoms with van der Waals surface area (Å²) in [5.74, 6) is 0.217. The monoisotopic (exact) mass is 473 g/mol. The quantitative estimate of drug-likeness (QED) is 0.406. The summed E-state index contributed by atoms with van der Waals surface area (Å²) in [6, 6.07) is 21.4. The third kappa shape index (κ3) is 4.42. The molecule has 4 N–H and O–H groups in total. The van der Waals surface area contributed by atoms with Gasteiger partial charge >= 0.3 is 0 Å². The molecule has 1 unspecified atom stereocenters. The largest absolute Gasteiger partial charge is 0.493 e. The molecule has 0 fully saturated rings. The molecule has 8 heteroatoms. The first kappa shape index (κ1) is 22.8. The van der Waals surface area contributed by atoms with Crippen LogP contribution in [-0.4, -0.2) is 29.9 Å². The zero-order chi connectivity index (χ0) is 22.8. The highest BCUT2D eigenvalue weighted by molar-refractivity contribution is 8.25. The first-order valence-corrected chi connectivity index (χ1v) is 13.7. The average molecular weight is 474 g/mol. The first-order chi connectivity index (χ1) is 15.3. The maximum absolute atomic E-state index is 13.4. The minimum atomic E-state index is -3.84. The minimum Gasteiger partial charge on any atom is -0.493 e. The Labute approximate surface area is 190 Å². The molecular weight excluding hydrogens is 446 g/mol. The van der Waals surface area contributed by atoms with Gasteiger partial charge in [0, 0.05) is 17.7 Å². The maximum Gasteiger partial charge on any atom is 0.187 e. The van der Waals surface area contributed by atoms with Crippen LogP contribution < -0.4 is 10.5 Å². The summed E-state index contributed by atoms with van der Waals surface area (Å²) in [4.78, 5) is 0.393. The molecule has 1 aliphatic rings. The van der Waals surface area contributed by atoms with Gasteiger partial charge in [0.25, 0.3) is 0 Å². The summed E-state index contributed by atoms with van der Waals surface area (Å²) in [6.45, 7) is 0.473. The van der Waals surface area contributed by atoms with Crippen molar-refractivity contribution in [3.05, 3.63) is 89.5 Å². The van der Waals surface area contributed by atoms with Gasteiger partial charge in [-0.3, -0.25) is 9.11 Å². The van der Waals surface area contributed by atoms with Gasteiger partial charge in [0.1, 0.15) is 11.0 Å². The highest BCUT2D eigenvalue weighted by atomic mass is 32.3. The Morgan fingerprint density at radius 2 is 1.62 bits per heavy atom. The Hall–Kier alpha value is -2.36. The molecule has 0 saturated carbocycles. The van der Waals surface area contributed by atoms with Crippen molar-refractivity contribution in [2.45, 2.75) is 34.4 Å². The number of sulfone groups is 1. The van der Waals surface area contributed by atoms with Gasteiger partial charge in [0.2, 0.25) is 0 Å². The Morgan fingerprint density at radius 1 is 0.969 bits per heavy atom. The standard InChI is InChI=1S/C24H27NO5S2/c25-16-20-21(30-15-7-10-18-8-3-1-4-9-18)13-14-22-24(20)23(17-31(22,26)27)32(28,29)19-11-5-2-6-12-19/h1-6,8-9,11-14,23,26-27H,7,10,15-17,25H2. The number of aryl methyl sites for hydroxylation is 1. The summed E-state index contributed by atoms with van der Waals surface area (Å²) in [5, 5.41) is -1.09. The molecule has 1 atom stereocenters. The molecule has 0 amide bonds. The van der Waals surface area contributed by atoms with Crippen molar-refractivity contribution >= 4 is 20.4 Å². The summed E-state index contributed by atoms with van der Waals surface area (Å²) in [5.41, 5.74) is 8.13. The van der Waals surface area contributed by atoms with Crippen LogP contribution in [0.25, 0.3) is 0 Å². The van der Waals surface area contributed by atoms with Gasteiger partial charge in [-0.1, -0.05) is 48.5 Å². The van der Waals surface area contributed by atoms with Crippen LogP contribution in [0, 0.1) is 0 Å². The second-order valence-corrected chi connectivity index (χ2v) is 12.0. The van der Waals surface area contributed by atoms with Gasteiger partial charge in [-0.05, 0) is 42.7 Å². The lowest BCUT2D eigenvalue weighted by Crippen LogP contribution is -2.17. The number of fused-ring (bicyclic) bond motifs is 1. The molecule has 170 valence electrons. The van der Waals surface area contributed by atoms with Crippen molar-refractivity contribution in [1.82, 2.24) is 0 Å². The van der Waals surface area contributed by atoms with Gasteiger partial charge in [-0.15, -0.1) is 0 Å². The van der Waals surface area contributed by atoms with E-state index in [1.54, 1.807) is 30.3 Å². The van der Waals surface area contributed by atoms with E-state index in [-0.39, 0.29) is 22.1 Å². The van der Waals surface area contributed by atoms with Crippen LogP contribution in [0.4, 0.5) is 0 Å². The van der Waals surface area contributed by atoms with Crippen molar-refractivity contribution in [3.8, 4) is 5.75 Å². The van der Waals surface area contributed by atoms with E-state index in [9.17, 15) is 17.5 Å². The van der Waals surface area contributed by atoms with E-state index in [2.05, 4.69) is 12.1 Å². The lowest BCUT2D eigenvalue weighted by molar-refractivity contribution is 0.307. The number of rotatable bonds is 8. The first-order valence-electron chi connectivity index (χ1n) is 10.4. The highest BCUT2D eigenvalue weighted by Gasteiger charge is 2.45. The van der Waals surface area contributed by atoms with Gasteiger partial charge in [-0.2, -0.15) is 10.6 Å². The topological polar surface area (TPSA) is 110 Å². The van der Waals surface area contributed by atoms with E-state index in [0.29, 0.717) is 23.5 Å². The second kappa shape index (κ2) is 9.25. The summed E-state index contributed by atoms with van der Waals surface area (Å²) < 4.78 is 54.1.